The lowest BCUT2D eigenvalue weighted by atomic mass is 10.00. The van der Waals surface area contributed by atoms with Crippen molar-refractivity contribution in [2.45, 2.75) is 56.5 Å². The van der Waals surface area contributed by atoms with Crippen molar-refractivity contribution in [3.05, 3.63) is 23.8 Å². The second-order valence-corrected chi connectivity index (χ2v) is 7.99. The van der Waals surface area contributed by atoms with Gasteiger partial charge in [0, 0.05) is 24.8 Å². The van der Waals surface area contributed by atoms with Crippen molar-refractivity contribution in [3.63, 3.8) is 0 Å². The maximum Gasteiger partial charge on any atom is 0.276 e. The standard InChI is InChI=1S/C21H27N3O3/c22-15-21(8-1-2-9-21)23-20(25)14-24-10-3-5-17(24)16-6-7-18-19(13-16)27-12-4-11-26-18/h6-7,13,17H,1-5,8-12,14H2,(H,23,25)/p+1/t17-/m1/s1. The van der Waals surface area contributed by atoms with E-state index in [0.29, 0.717) is 19.8 Å². The highest BCUT2D eigenvalue weighted by Gasteiger charge is 2.38. The molecule has 2 atom stereocenters. The molecule has 1 aliphatic carbocycles. The summed E-state index contributed by atoms with van der Waals surface area (Å²) in [6.07, 6.45) is 6.64. The SMILES string of the molecule is N#CC1(NC(=O)C[NH+]2CCC[C@@H]2c2ccc3c(c2)OCCCO3)CCCC1. The molecule has 3 aliphatic rings. The fourth-order valence-electron chi connectivity index (χ4n) is 4.68. The summed E-state index contributed by atoms with van der Waals surface area (Å²) in [5.41, 5.74) is 0.566. The lowest BCUT2D eigenvalue weighted by Crippen LogP contribution is -3.11. The van der Waals surface area contributed by atoms with Gasteiger partial charge < -0.3 is 19.7 Å². The molecule has 0 radical (unpaired) electrons. The Morgan fingerprint density at radius 2 is 1.96 bits per heavy atom. The molecule has 2 fully saturated rings. The number of nitrogens with zero attached hydrogens (tertiary/aromatic N) is 1. The van der Waals surface area contributed by atoms with Gasteiger partial charge in [-0.1, -0.05) is 0 Å². The van der Waals surface area contributed by atoms with Crippen molar-refractivity contribution >= 4 is 5.91 Å². The Morgan fingerprint density at radius 1 is 1.19 bits per heavy atom. The predicted molar refractivity (Wildman–Crippen MR) is 99.7 cm³/mol. The van der Waals surface area contributed by atoms with E-state index in [1.54, 1.807) is 0 Å². The van der Waals surface area contributed by atoms with Crippen molar-refractivity contribution in [2.75, 3.05) is 26.3 Å². The van der Waals surface area contributed by atoms with Crippen LogP contribution in [0.3, 0.4) is 0 Å². The highest BCUT2D eigenvalue weighted by Crippen LogP contribution is 2.33. The molecule has 1 aromatic carbocycles. The number of rotatable bonds is 4. The van der Waals surface area contributed by atoms with Gasteiger partial charge in [0.05, 0.1) is 25.8 Å². The lowest BCUT2D eigenvalue weighted by molar-refractivity contribution is -0.910. The molecule has 0 bridgehead atoms. The van der Waals surface area contributed by atoms with Crippen LogP contribution in [0.25, 0.3) is 0 Å². The van der Waals surface area contributed by atoms with E-state index in [4.69, 9.17) is 9.47 Å². The summed E-state index contributed by atoms with van der Waals surface area (Å²) < 4.78 is 11.6. The molecule has 1 saturated heterocycles. The molecule has 4 rings (SSSR count). The number of nitrogens with one attached hydrogen (secondary N) is 2. The first-order valence-electron chi connectivity index (χ1n) is 10.2. The van der Waals surface area contributed by atoms with Crippen LogP contribution in [0.15, 0.2) is 18.2 Å². The summed E-state index contributed by atoms with van der Waals surface area (Å²) in [6, 6.07) is 8.82. The van der Waals surface area contributed by atoms with E-state index in [-0.39, 0.29) is 11.9 Å². The van der Waals surface area contributed by atoms with Crippen molar-refractivity contribution in [2.24, 2.45) is 0 Å². The highest BCUT2D eigenvalue weighted by molar-refractivity contribution is 5.78. The second-order valence-electron chi connectivity index (χ2n) is 7.99. The van der Waals surface area contributed by atoms with E-state index in [2.05, 4.69) is 23.5 Å². The van der Waals surface area contributed by atoms with Gasteiger partial charge in [-0.05, 0) is 43.9 Å². The Hall–Kier alpha value is -2.26. The molecular weight excluding hydrogens is 342 g/mol. The van der Waals surface area contributed by atoms with Crippen LogP contribution in [0.1, 0.15) is 56.6 Å². The normalized spacial score (nSPS) is 26.2. The van der Waals surface area contributed by atoms with Crippen molar-refractivity contribution < 1.29 is 19.2 Å². The largest absolute Gasteiger partial charge is 0.490 e. The van der Waals surface area contributed by atoms with E-state index in [0.717, 1.165) is 63.0 Å². The number of hydrogen-bond acceptors (Lipinski definition) is 4. The summed E-state index contributed by atoms with van der Waals surface area (Å²) in [5.74, 6) is 1.62. The maximum absolute atomic E-state index is 12.6. The van der Waals surface area contributed by atoms with Crippen LogP contribution in [-0.2, 0) is 4.79 Å². The number of benzene rings is 1. The van der Waals surface area contributed by atoms with Gasteiger partial charge in [-0.15, -0.1) is 0 Å². The minimum Gasteiger partial charge on any atom is -0.490 e. The second kappa shape index (κ2) is 7.77. The summed E-state index contributed by atoms with van der Waals surface area (Å²) in [7, 11) is 0. The minimum atomic E-state index is -0.638. The zero-order valence-electron chi connectivity index (χ0n) is 15.8. The Balaban J connectivity index is 1.44. The van der Waals surface area contributed by atoms with E-state index in [9.17, 15) is 10.1 Å². The molecule has 1 unspecified atom stereocenters. The third-order valence-electron chi connectivity index (χ3n) is 6.09. The maximum atomic E-state index is 12.6. The number of carbonyl (C=O) groups is 1. The Labute approximate surface area is 160 Å². The van der Waals surface area contributed by atoms with Gasteiger partial charge in [0.1, 0.15) is 11.6 Å². The number of quaternary nitrogens is 1. The summed E-state index contributed by atoms with van der Waals surface area (Å²) in [4.78, 5) is 13.9. The molecular formula is C21H28N3O3+. The molecule has 6 heteroatoms. The molecule has 1 amide bonds. The van der Waals surface area contributed by atoms with Gasteiger partial charge in [-0.2, -0.15) is 5.26 Å². The van der Waals surface area contributed by atoms with Crippen LogP contribution in [0, 0.1) is 11.3 Å². The van der Waals surface area contributed by atoms with Gasteiger partial charge in [0.25, 0.3) is 5.91 Å². The molecule has 1 saturated carbocycles. The molecule has 6 nitrogen and oxygen atoms in total. The summed E-state index contributed by atoms with van der Waals surface area (Å²) >= 11 is 0. The number of nitriles is 1. The Morgan fingerprint density at radius 3 is 2.74 bits per heavy atom. The molecule has 0 spiro atoms. The third-order valence-corrected chi connectivity index (χ3v) is 6.09. The molecule has 2 heterocycles. The van der Waals surface area contributed by atoms with Crippen LogP contribution in [0.4, 0.5) is 0 Å². The Bertz CT molecular complexity index is 737. The zero-order valence-corrected chi connectivity index (χ0v) is 15.8. The number of carbonyl (C=O) groups excluding carboxylic acids is 1. The van der Waals surface area contributed by atoms with Crippen LogP contribution in [0.2, 0.25) is 0 Å². The van der Waals surface area contributed by atoms with Crippen molar-refractivity contribution in [1.29, 1.82) is 5.26 Å². The van der Waals surface area contributed by atoms with Crippen molar-refractivity contribution in [1.82, 2.24) is 5.32 Å². The summed E-state index contributed by atoms with van der Waals surface area (Å²) in [5, 5.41) is 12.5. The van der Waals surface area contributed by atoms with Gasteiger partial charge in [-0.25, -0.2) is 0 Å². The number of likely N-dealkylation sites (tertiary alicyclic amines) is 1. The van der Waals surface area contributed by atoms with Crippen LogP contribution in [0.5, 0.6) is 11.5 Å². The Kier molecular flexibility index (Phi) is 5.22. The summed E-state index contributed by atoms with van der Waals surface area (Å²) in [6.45, 7) is 2.76. The fraction of sp³-hybridized carbons (Fsp3) is 0.619. The van der Waals surface area contributed by atoms with Gasteiger partial charge in [-0.3, -0.25) is 4.79 Å². The van der Waals surface area contributed by atoms with Gasteiger partial charge in [0.15, 0.2) is 18.0 Å². The highest BCUT2D eigenvalue weighted by atomic mass is 16.5. The average molecular weight is 370 g/mol. The molecule has 0 aromatic heterocycles. The topological polar surface area (TPSA) is 75.8 Å². The van der Waals surface area contributed by atoms with E-state index < -0.39 is 5.54 Å². The minimum absolute atomic E-state index is 0.00491. The number of amides is 1. The molecule has 1 aromatic rings. The smallest absolute Gasteiger partial charge is 0.276 e. The van der Waals surface area contributed by atoms with E-state index in [1.165, 1.54) is 10.5 Å². The fourth-order valence-corrected chi connectivity index (χ4v) is 4.68. The van der Waals surface area contributed by atoms with E-state index >= 15 is 0 Å². The van der Waals surface area contributed by atoms with Crippen LogP contribution in [-0.4, -0.2) is 37.7 Å². The molecule has 144 valence electrons. The van der Waals surface area contributed by atoms with Gasteiger partial charge in [0.2, 0.25) is 0 Å². The number of fused-ring (bicyclic) bond motifs is 1. The van der Waals surface area contributed by atoms with Crippen molar-refractivity contribution in [3.8, 4) is 17.6 Å². The molecule has 2 aliphatic heterocycles. The zero-order chi connectivity index (χ0) is 18.7. The quantitative estimate of drug-likeness (QED) is 0.843. The molecule has 2 N–H and O–H groups in total. The molecule has 27 heavy (non-hydrogen) atoms. The van der Waals surface area contributed by atoms with Gasteiger partial charge >= 0.3 is 0 Å². The monoisotopic (exact) mass is 370 g/mol. The van der Waals surface area contributed by atoms with Crippen LogP contribution >= 0.6 is 0 Å². The van der Waals surface area contributed by atoms with E-state index in [1.807, 2.05) is 6.07 Å². The first-order chi connectivity index (χ1) is 13.2. The van der Waals surface area contributed by atoms with Crippen LogP contribution < -0.4 is 19.7 Å². The number of ether oxygens (including phenoxy) is 2. The third kappa shape index (κ3) is 3.89. The average Bonchev–Trinajstić information content (AvgIpc) is 3.26. The first kappa shape index (κ1) is 18.1. The predicted octanol–water partition coefficient (Wildman–Crippen LogP) is 1.52. The lowest BCUT2D eigenvalue weighted by Gasteiger charge is -2.25. The number of hydrogen-bond donors (Lipinski definition) is 2. The first-order valence-corrected chi connectivity index (χ1v) is 10.2.